The summed E-state index contributed by atoms with van der Waals surface area (Å²) in [6.07, 6.45) is 3.04. The van der Waals surface area contributed by atoms with Crippen molar-refractivity contribution in [1.82, 2.24) is 0 Å². The van der Waals surface area contributed by atoms with E-state index in [2.05, 4.69) is 78.2 Å². The minimum Gasteiger partial charge on any atom is -0.370 e. The normalized spacial score (nSPS) is 11.6. The van der Waals surface area contributed by atoms with Crippen LogP contribution in [0.2, 0.25) is 0 Å². The fourth-order valence-corrected chi connectivity index (χ4v) is 4.42. The summed E-state index contributed by atoms with van der Waals surface area (Å²) < 4.78 is -0.368. The third-order valence-corrected chi connectivity index (χ3v) is 5.83. The number of carbonyl (C=O) groups is 1. The second-order valence-electron chi connectivity index (χ2n) is 6.27. The Bertz CT molecular complexity index is 779. The molecule has 2 N–H and O–H groups in total. The number of hydrogen-bond acceptors (Lipinski definition) is 2. The van der Waals surface area contributed by atoms with Crippen molar-refractivity contribution in [2.24, 2.45) is 5.73 Å². The summed E-state index contributed by atoms with van der Waals surface area (Å²) in [4.78, 5) is 11.0. The van der Waals surface area contributed by atoms with Gasteiger partial charge in [0.05, 0.1) is 4.75 Å². The standard InChI is InChI=1S/C24H23NOS/c25-23(26)18-10-11-19-27-24(20-12-4-1-5-13-20,21-14-6-2-7-15-21)22-16-8-3-9-17-22/h1-9,11-17,19H,10,18H2,(H2,25,26)/b19-11-. The largest absolute Gasteiger partial charge is 0.370 e. The Balaban J connectivity index is 2.10. The van der Waals surface area contributed by atoms with Crippen LogP contribution in [-0.4, -0.2) is 5.91 Å². The molecule has 0 bridgehead atoms. The number of amides is 1. The number of hydrogen-bond donors (Lipinski definition) is 1. The first-order chi connectivity index (χ1) is 13.2. The van der Waals surface area contributed by atoms with Crippen LogP contribution >= 0.6 is 11.8 Å². The van der Waals surface area contributed by atoms with E-state index < -0.39 is 0 Å². The van der Waals surface area contributed by atoms with Gasteiger partial charge in [-0.3, -0.25) is 4.79 Å². The molecule has 136 valence electrons. The number of carbonyl (C=O) groups excluding carboxylic acids is 1. The molecular weight excluding hydrogens is 350 g/mol. The van der Waals surface area contributed by atoms with Gasteiger partial charge in [0.1, 0.15) is 0 Å². The summed E-state index contributed by atoms with van der Waals surface area (Å²) in [5, 5.41) is 2.09. The van der Waals surface area contributed by atoms with Crippen molar-refractivity contribution in [3.05, 3.63) is 119 Å². The summed E-state index contributed by atoms with van der Waals surface area (Å²) in [6.45, 7) is 0. The quantitative estimate of drug-likeness (QED) is 0.531. The maximum absolute atomic E-state index is 11.0. The van der Waals surface area contributed by atoms with E-state index in [9.17, 15) is 4.79 Å². The number of benzene rings is 3. The Morgan fingerprint density at radius 3 is 1.56 bits per heavy atom. The van der Waals surface area contributed by atoms with Crippen LogP contribution in [0.3, 0.4) is 0 Å². The molecule has 0 heterocycles. The van der Waals surface area contributed by atoms with Crippen LogP contribution in [0.4, 0.5) is 0 Å². The third-order valence-electron chi connectivity index (χ3n) is 4.44. The van der Waals surface area contributed by atoms with Crippen LogP contribution in [0.15, 0.2) is 102 Å². The number of rotatable bonds is 8. The van der Waals surface area contributed by atoms with Gasteiger partial charge in [0, 0.05) is 6.42 Å². The predicted molar refractivity (Wildman–Crippen MR) is 114 cm³/mol. The molecule has 1 amide bonds. The van der Waals surface area contributed by atoms with Crippen LogP contribution in [0.25, 0.3) is 0 Å². The molecule has 3 heteroatoms. The Labute approximate surface area is 165 Å². The van der Waals surface area contributed by atoms with Crippen molar-refractivity contribution >= 4 is 17.7 Å². The molecule has 3 aromatic rings. The minimum absolute atomic E-state index is 0.273. The van der Waals surface area contributed by atoms with Gasteiger partial charge in [-0.05, 0) is 28.5 Å². The van der Waals surface area contributed by atoms with E-state index in [0.29, 0.717) is 12.8 Å². The smallest absolute Gasteiger partial charge is 0.217 e. The second-order valence-corrected chi connectivity index (χ2v) is 7.39. The van der Waals surface area contributed by atoms with Crippen LogP contribution in [0, 0.1) is 0 Å². The highest BCUT2D eigenvalue weighted by molar-refractivity contribution is 8.03. The Morgan fingerprint density at radius 2 is 1.19 bits per heavy atom. The molecule has 2 nitrogen and oxygen atoms in total. The molecule has 3 rings (SSSR count). The zero-order valence-electron chi connectivity index (χ0n) is 15.1. The number of primary amides is 1. The Kier molecular flexibility index (Phi) is 6.50. The predicted octanol–water partition coefficient (Wildman–Crippen LogP) is 5.49. The molecule has 0 aliphatic carbocycles. The second kappa shape index (κ2) is 9.24. The van der Waals surface area contributed by atoms with Gasteiger partial charge in [-0.1, -0.05) is 97.1 Å². The average molecular weight is 374 g/mol. The van der Waals surface area contributed by atoms with Gasteiger partial charge in [-0.25, -0.2) is 0 Å². The molecule has 0 spiro atoms. The van der Waals surface area contributed by atoms with Crippen molar-refractivity contribution in [3.63, 3.8) is 0 Å². The summed E-state index contributed by atoms with van der Waals surface area (Å²) in [5.74, 6) is -0.273. The first kappa shape index (κ1) is 19.0. The van der Waals surface area contributed by atoms with Gasteiger partial charge in [0.25, 0.3) is 0 Å². The SMILES string of the molecule is NC(=O)CC/C=C\SC(c1ccccc1)(c1ccccc1)c1ccccc1. The maximum Gasteiger partial charge on any atom is 0.217 e. The van der Waals surface area contributed by atoms with Crippen molar-refractivity contribution in [3.8, 4) is 0 Å². The summed E-state index contributed by atoms with van der Waals surface area (Å²) >= 11 is 1.75. The molecule has 0 atom stereocenters. The molecular formula is C24H23NOS. The van der Waals surface area contributed by atoms with Gasteiger partial charge in [-0.15, -0.1) is 11.8 Å². The van der Waals surface area contributed by atoms with Crippen LogP contribution in [-0.2, 0) is 9.54 Å². The third kappa shape index (κ3) is 4.50. The van der Waals surface area contributed by atoms with E-state index in [-0.39, 0.29) is 10.7 Å². The minimum atomic E-state index is -0.368. The lowest BCUT2D eigenvalue weighted by Gasteiger charge is -2.34. The molecule has 0 saturated carbocycles. The maximum atomic E-state index is 11.0. The van der Waals surface area contributed by atoms with Crippen molar-refractivity contribution < 1.29 is 4.79 Å². The van der Waals surface area contributed by atoms with Gasteiger partial charge in [0.2, 0.25) is 5.91 Å². The molecule has 3 aromatic carbocycles. The number of nitrogens with two attached hydrogens (primary N) is 1. The van der Waals surface area contributed by atoms with Crippen LogP contribution in [0.1, 0.15) is 29.5 Å². The van der Waals surface area contributed by atoms with E-state index in [1.54, 1.807) is 11.8 Å². The fourth-order valence-electron chi connectivity index (χ4n) is 3.17. The van der Waals surface area contributed by atoms with E-state index in [1.807, 2.05) is 24.3 Å². The van der Waals surface area contributed by atoms with E-state index in [4.69, 9.17) is 5.73 Å². The highest BCUT2D eigenvalue weighted by atomic mass is 32.2. The molecule has 0 unspecified atom stereocenters. The summed E-state index contributed by atoms with van der Waals surface area (Å²) in [6, 6.07) is 31.6. The lowest BCUT2D eigenvalue weighted by atomic mass is 9.84. The van der Waals surface area contributed by atoms with Crippen molar-refractivity contribution in [2.75, 3.05) is 0 Å². The molecule has 0 aliphatic rings. The topological polar surface area (TPSA) is 43.1 Å². The molecule has 0 aliphatic heterocycles. The highest BCUT2D eigenvalue weighted by Crippen LogP contribution is 2.48. The lowest BCUT2D eigenvalue weighted by molar-refractivity contribution is -0.117. The first-order valence-electron chi connectivity index (χ1n) is 9.01. The van der Waals surface area contributed by atoms with Gasteiger partial charge in [0.15, 0.2) is 0 Å². The number of thioether (sulfide) groups is 1. The van der Waals surface area contributed by atoms with E-state index in [1.165, 1.54) is 16.7 Å². The zero-order chi connectivity index (χ0) is 19.0. The van der Waals surface area contributed by atoms with Gasteiger partial charge >= 0.3 is 0 Å². The Hall–Kier alpha value is -2.78. The monoisotopic (exact) mass is 373 g/mol. The molecule has 0 aromatic heterocycles. The molecule has 27 heavy (non-hydrogen) atoms. The van der Waals surface area contributed by atoms with Crippen molar-refractivity contribution in [1.29, 1.82) is 0 Å². The van der Waals surface area contributed by atoms with Gasteiger partial charge < -0.3 is 5.73 Å². The molecule has 0 fully saturated rings. The van der Waals surface area contributed by atoms with Crippen LogP contribution in [0.5, 0.6) is 0 Å². The highest BCUT2D eigenvalue weighted by Gasteiger charge is 2.36. The summed E-state index contributed by atoms with van der Waals surface area (Å²) in [5.41, 5.74) is 8.90. The van der Waals surface area contributed by atoms with E-state index in [0.717, 1.165) is 0 Å². The van der Waals surface area contributed by atoms with Crippen molar-refractivity contribution in [2.45, 2.75) is 17.6 Å². The summed E-state index contributed by atoms with van der Waals surface area (Å²) in [7, 11) is 0. The lowest BCUT2D eigenvalue weighted by Crippen LogP contribution is -2.24. The average Bonchev–Trinajstić information content (AvgIpc) is 2.73. The molecule has 0 saturated heterocycles. The fraction of sp³-hybridized carbons (Fsp3) is 0.125. The van der Waals surface area contributed by atoms with E-state index >= 15 is 0 Å². The van der Waals surface area contributed by atoms with Gasteiger partial charge in [-0.2, -0.15) is 0 Å². The zero-order valence-corrected chi connectivity index (χ0v) is 15.9. The molecule has 0 radical (unpaired) electrons. The van der Waals surface area contributed by atoms with Crippen LogP contribution < -0.4 is 5.73 Å². The Morgan fingerprint density at radius 1 is 0.778 bits per heavy atom. The first-order valence-corrected chi connectivity index (χ1v) is 9.89. The number of allylic oxidation sites excluding steroid dienone is 1.